The van der Waals surface area contributed by atoms with Crippen molar-refractivity contribution in [1.82, 2.24) is 20.0 Å². The molecule has 2 aromatic heterocycles. The summed E-state index contributed by atoms with van der Waals surface area (Å²) in [6.07, 6.45) is 3.23. The van der Waals surface area contributed by atoms with Crippen LogP contribution in [0.1, 0.15) is 10.5 Å². The highest BCUT2D eigenvalue weighted by molar-refractivity contribution is 5.88. The van der Waals surface area contributed by atoms with E-state index in [9.17, 15) is 4.79 Å². The topological polar surface area (TPSA) is 69.9 Å². The number of carbonyl (C=O) groups excluding carboxylic acids is 1. The maximum atomic E-state index is 11.4. The zero-order valence-corrected chi connectivity index (χ0v) is 10.1. The van der Waals surface area contributed by atoms with E-state index in [0.29, 0.717) is 0 Å². The Morgan fingerprint density at radius 3 is 2.95 bits per heavy atom. The van der Waals surface area contributed by atoms with E-state index in [0.717, 1.165) is 16.6 Å². The highest BCUT2D eigenvalue weighted by Gasteiger charge is 2.12. The summed E-state index contributed by atoms with van der Waals surface area (Å²) < 4.78 is 6.14. The number of carbonyl (C=O) groups is 1. The molecule has 0 radical (unpaired) electrons. The lowest BCUT2D eigenvalue weighted by molar-refractivity contribution is 0.0594. The van der Waals surface area contributed by atoms with Gasteiger partial charge < -0.3 is 4.74 Å². The Morgan fingerprint density at radius 1 is 1.26 bits per heavy atom. The van der Waals surface area contributed by atoms with Crippen LogP contribution in [0.4, 0.5) is 0 Å². The SMILES string of the molecule is COC(=O)c1cn(-c2ccnc3ccccc23)nn1. The molecule has 0 aliphatic carbocycles. The van der Waals surface area contributed by atoms with E-state index < -0.39 is 5.97 Å². The second kappa shape index (κ2) is 4.49. The number of ether oxygens (including phenoxy) is 1. The van der Waals surface area contributed by atoms with Crippen molar-refractivity contribution in [2.75, 3.05) is 7.11 Å². The molecule has 2 heterocycles. The maximum absolute atomic E-state index is 11.4. The highest BCUT2D eigenvalue weighted by Crippen LogP contribution is 2.19. The van der Waals surface area contributed by atoms with Gasteiger partial charge in [-0.05, 0) is 12.1 Å². The van der Waals surface area contributed by atoms with Gasteiger partial charge in [0.15, 0.2) is 5.69 Å². The Morgan fingerprint density at radius 2 is 2.11 bits per heavy atom. The molecule has 0 saturated heterocycles. The average molecular weight is 254 g/mol. The highest BCUT2D eigenvalue weighted by atomic mass is 16.5. The normalized spacial score (nSPS) is 10.6. The molecular formula is C13H10N4O2. The number of fused-ring (bicyclic) bond motifs is 1. The molecule has 1 aromatic carbocycles. The van der Waals surface area contributed by atoms with Crippen LogP contribution in [-0.4, -0.2) is 33.1 Å². The Balaban J connectivity index is 2.14. The lowest BCUT2D eigenvalue weighted by atomic mass is 10.2. The van der Waals surface area contributed by atoms with Crippen molar-refractivity contribution in [2.45, 2.75) is 0 Å². The van der Waals surface area contributed by atoms with E-state index >= 15 is 0 Å². The van der Waals surface area contributed by atoms with E-state index in [4.69, 9.17) is 0 Å². The summed E-state index contributed by atoms with van der Waals surface area (Å²) in [6.45, 7) is 0. The van der Waals surface area contributed by atoms with Crippen molar-refractivity contribution in [3.05, 3.63) is 48.4 Å². The molecule has 0 bridgehead atoms. The fraction of sp³-hybridized carbons (Fsp3) is 0.0769. The Kier molecular flexibility index (Phi) is 2.68. The van der Waals surface area contributed by atoms with Crippen molar-refractivity contribution < 1.29 is 9.53 Å². The summed E-state index contributed by atoms with van der Waals surface area (Å²) in [4.78, 5) is 15.6. The molecule has 0 saturated carbocycles. The minimum Gasteiger partial charge on any atom is -0.464 e. The van der Waals surface area contributed by atoms with Gasteiger partial charge in [-0.3, -0.25) is 4.98 Å². The van der Waals surface area contributed by atoms with Gasteiger partial charge >= 0.3 is 5.97 Å². The molecule has 6 heteroatoms. The molecule has 0 aliphatic heterocycles. The molecule has 0 amide bonds. The quantitative estimate of drug-likeness (QED) is 0.650. The largest absolute Gasteiger partial charge is 0.464 e. The van der Waals surface area contributed by atoms with Crippen molar-refractivity contribution in [3.8, 4) is 5.69 Å². The first kappa shape index (κ1) is 11.3. The van der Waals surface area contributed by atoms with Gasteiger partial charge in [0.05, 0.1) is 24.5 Å². The zero-order chi connectivity index (χ0) is 13.2. The van der Waals surface area contributed by atoms with Gasteiger partial charge in [0.25, 0.3) is 0 Å². The van der Waals surface area contributed by atoms with Gasteiger partial charge in [-0.25, -0.2) is 9.48 Å². The van der Waals surface area contributed by atoms with Crippen molar-refractivity contribution in [1.29, 1.82) is 0 Å². The van der Waals surface area contributed by atoms with Gasteiger partial charge in [0.2, 0.25) is 0 Å². The molecule has 0 unspecified atom stereocenters. The number of hydrogen-bond donors (Lipinski definition) is 0. The number of aromatic nitrogens is 4. The molecule has 3 aromatic rings. The first-order valence-electron chi connectivity index (χ1n) is 5.64. The molecule has 0 spiro atoms. The summed E-state index contributed by atoms with van der Waals surface area (Å²) in [5.74, 6) is -0.510. The summed E-state index contributed by atoms with van der Waals surface area (Å²) in [5.41, 5.74) is 1.84. The fourth-order valence-electron chi connectivity index (χ4n) is 1.86. The monoisotopic (exact) mass is 254 g/mol. The molecule has 3 rings (SSSR count). The Hall–Kier alpha value is -2.76. The summed E-state index contributed by atoms with van der Waals surface area (Å²) in [5, 5.41) is 8.67. The Labute approximate surface area is 108 Å². The van der Waals surface area contributed by atoms with Gasteiger partial charge in [-0.2, -0.15) is 0 Å². The smallest absolute Gasteiger partial charge is 0.360 e. The van der Waals surface area contributed by atoms with E-state index in [-0.39, 0.29) is 5.69 Å². The second-order valence-electron chi connectivity index (χ2n) is 3.89. The van der Waals surface area contributed by atoms with Crippen molar-refractivity contribution >= 4 is 16.9 Å². The molecule has 19 heavy (non-hydrogen) atoms. The molecule has 0 fully saturated rings. The number of benzene rings is 1. The second-order valence-corrected chi connectivity index (χ2v) is 3.89. The van der Waals surface area contributed by atoms with Crippen LogP contribution in [0.2, 0.25) is 0 Å². The molecule has 0 aliphatic rings. The zero-order valence-electron chi connectivity index (χ0n) is 10.1. The van der Waals surface area contributed by atoms with Crippen LogP contribution in [0.3, 0.4) is 0 Å². The third-order valence-corrected chi connectivity index (χ3v) is 2.76. The van der Waals surface area contributed by atoms with Crippen molar-refractivity contribution in [2.24, 2.45) is 0 Å². The predicted molar refractivity (Wildman–Crippen MR) is 68.0 cm³/mol. The molecule has 0 atom stereocenters. The lowest BCUT2D eigenvalue weighted by Crippen LogP contribution is -2.01. The Bertz CT molecular complexity index is 746. The van der Waals surface area contributed by atoms with E-state index in [1.54, 1.807) is 6.20 Å². The van der Waals surface area contributed by atoms with Crippen LogP contribution >= 0.6 is 0 Å². The van der Waals surface area contributed by atoms with Crippen LogP contribution in [0.5, 0.6) is 0 Å². The van der Waals surface area contributed by atoms with Gasteiger partial charge in [-0.15, -0.1) is 5.10 Å². The van der Waals surface area contributed by atoms with Gasteiger partial charge in [0.1, 0.15) is 0 Å². The van der Waals surface area contributed by atoms with Crippen LogP contribution < -0.4 is 0 Å². The van der Waals surface area contributed by atoms with Gasteiger partial charge in [0, 0.05) is 11.6 Å². The summed E-state index contributed by atoms with van der Waals surface area (Å²) in [6, 6.07) is 9.51. The van der Waals surface area contributed by atoms with E-state index in [2.05, 4.69) is 20.0 Å². The summed E-state index contributed by atoms with van der Waals surface area (Å²) in [7, 11) is 1.31. The minimum atomic E-state index is -0.510. The number of methoxy groups -OCH3 is 1. The average Bonchev–Trinajstić information content (AvgIpc) is 2.95. The third-order valence-electron chi connectivity index (χ3n) is 2.76. The number of pyridine rings is 1. The van der Waals surface area contributed by atoms with Crippen LogP contribution in [0, 0.1) is 0 Å². The van der Waals surface area contributed by atoms with Gasteiger partial charge in [-0.1, -0.05) is 23.4 Å². The number of hydrogen-bond acceptors (Lipinski definition) is 5. The number of nitrogens with zero attached hydrogens (tertiary/aromatic N) is 4. The number of esters is 1. The molecular weight excluding hydrogens is 244 g/mol. The first-order valence-corrected chi connectivity index (χ1v) is 5.64. The standard InChI is InChI=1S/C13H10N4O2/c1-19-13(18)11-8-17(16-15-11)12-6-7-14-10-5-3-2-4-9(10)12/h2-8H,1H3. The van der Waals surface area contributed by atoms with Crippen LogP contribution in [-0.2, 0) is 4.74 Å². The third kappa shape index (κ3) is 1.93. The maximum Gasteiger partial charge on any atom is 0.360 e. The van der Waals surface area contributed by atoms with E-state index in [1.165, 1.54) is 18.0 Å². The fourth-order valence-corrected chi connectivity index (χ4v) is 1.86. The summed E-state index contributed by atoms with van der Waals surface area (Å²) >= 11 is 0. The minimum absolute atomic E-state index is 0.170. The predicted octanol–water partition coefficient (Wildman–Crippen LogP) is 1.60. The van der Waals surface area contributed by atoms with E-state index in [1.807, 2.05) is 30.3 Å². The van der Waals surface area contributed by atoms with Crippen LogP contribution in [0.25, 0.3) is 16.6 Å². The number of rotatable bonds is 2. The first-order chi connectivity index (χ1) is 9.29. The van der Waals surface area contributed by atoms with Crippen LogP contribution in [0.15, 0.2) is 42.7 Å². The van der Waals surface area contributed by atoms with Crippen molar-refractivity contribution in [3.63, 3.8) is 0 Å². The lowest BCUT2D eigenvalue weighted by Gasteiger charge is -2.04. The number of para-hydroxylation sites is 1. The molecule has 6 nitrogen and oxygen atoms in total. The molecule has 94 valence electrons. The molecule has 0 N–H and O–H groups in total.